The van der Waals surface area contributed by atoms with Crippen molar-refractivity contribution in [1.82, 2.24) is 4.57 Å². The van der Waals surface area contributed by atoms with E-state index in [1.54, 1.807) is 41.8 Å². The number of nitrogens with zero attached hydrogens (tertiary/aromatic N) is 2. The molecule has 2 aromatic heterocycles. The molecule has 2 heterocycles. The molecule has 7 nitrogen and oxygen atoms in total. The zero-order valence-corrected chi connectivity index (χ0v) is 15.7. The Morgan fingerprint density at radius 3 is 2.33 bits per heavy atom. The third-order valence-electron chi connectivity index (χ3n) is 3.93. The zero-order chi connectivity index (χ0) is 19.7. The van der Waals surface area contributed by atoms with Crippen LogP contribution in [0.4, 0.5) is 5.69 Å². The maximum Gasteiger partial charge on any atom is 0.308 e. The monoisotopic (exact) mass is 384 g/mol. The largest absolute Gasteiger partial charge is 0.425 e. The molecule has 138 valence electrons. The number of thiophene rings is 1. The molecule has 3 aromatic rings. The molecular weight excluding hydrogens is 368 g/mol. The van der Waals surface area contributed by atoms with Crippen molar-refractivity contribution < 1.29 is 19.1 Å². The highest BCUT2D eigenvalue weighted by Gasteiger charge is 2.31. The zero-order valence-electron chi connectivity index (χ0n) is 14.9. The lowest BCUT2D eigenvalue weighted by Crippen LogP contribution is -2.40. The number of fused-ring (bicyclic) bond motifs is 1. The summed E-state index contributed by atoms with van der Waals surface area (Å²) in [4.78, 5) is 51.4. The number of aryl methyl sites for hydroxylation is 1. The van der Waals surface area contributed by atoms with Crippen LogP contribution in [0.15, 0.2) is 46.6 Å². The maximum atomic E-state index is 13.2. The van der Waals surface area contributed by atoms with Crippen LogP contribution < -0.4 is 15.2 Å². The number of amides is 2. The highest BCUT2D eigenvalue weighted by atomic mass is 32.1. The molecule has 2 amide bonds. The van der Waals surface area contributed by atoms with E-state index >= 15 is 0 Å². The minimum absolute atomic E-state index is 0.131. The highest BCUT2D eigenvalue weighted by molar-refractivity contribution is 7.16. The average molecular weight is 384 g/mol. The summed E-state index contributed by atoms with van der Waals surface area (Å²) in [7, 11) is 1.52. The van der Waals surface area contributed by atoms with E-state index in [9.17, 15) is 19.2 Å². The van der Waals surface area contributed by atoms with Gasteiger partial charge in [-0.1, -0.05) is 18.2 Å². The van der Waals surface area contributed by atoms with Crippen LogP contribution in [-0.2, 0) is 16.6 Å². The third kappa shape index (κ3) is 3.26. The SMILES string of the molecule is CC(=O)Oc1c(C(=O)N(C(C)=O)c2ccccc2)c(=O)n(C)c2sccc12. The first-order chi connectivity index (χ1) is 12.8. The van der Waals surface area contributed by atoms with Crippen LogP contribution in [0.1, 0.15) is 24.2 Å². The molecule has 0 saturated heterocycles. The lowest BCUT2D eigenvalue weighted by molar-refractivity contribution is -0.131. The molecule has 0 radical (unpaired) electrons. The summed E-state index contributed by atoms with van der Waals surface area (Å²) in [6, 6.07) is 9.91. The summed E-state index contributed by atoms with van der Waals surface area (Å²) in [5, 5.41) is 2.18. The first-order valence-corrected chi connectivity index (χ1v) is 8.89. The minimum atomic E-state index is -0.848. The van der Waals surface area contributed by atoms with Crippen LogP contribution in [0.25, 0.3) is 10.2 Å². The summed E-state index contributed by atoms with van der Waals surface area (Å²) >= 11 is 1.28. The van der Waals surface area contributed by atoms with Crippen molar-refractivity contribution >= 4 is 45.0 Å². The van der Waals surface area contributed by atoms with Crippen molar-refractivity contribution in [3.05, 3.63) is 57.7 Å². The second-order valence-corrected chi connectivity index (χ2v) is 6.69. The molecular formula is C19H16N2O5S. The number of anilines is 1. The van der Waals surface area contributed by atoms with Gasteiger partial charge in [0.15, 0.2) is 5.75 Å². The summed E-state index contributed by atoms with van der Waals surface area (Å²) in [6.07, 6.45) is 0. The van der Waals surface area contributed by atoms with E-state index in [0.717, 1.165) is 4.90 Å². The number of hydrogen-bond acceptors (Lipinski definition) is 6. The third-order valence-corrected chi connectivity index (χ3v) is 4.92. The van der Waals surface area contributed by atoms with E-state index in [0.29, 0.717) is 15.9 Å². The van der Waals surface area contributed by atoms with Crippen LogP contribution in [0, 0.1) is 0 Å². The molecule has 0 spiro atoms. The quantitative estimate of drug-likeness (QED) is 0.648. The number of hydrogen-bond donors (Lipinski definition) is 0. The van der Waals surface area contributed by atoms with Gasteiger partial charge in [0.1, 0.15) is 10.4 Å². The topological polar surface area (TPSA) is 85.7 Å². The normalized spacial score (nSPS) is 10.6. The minimum Gasteiger partial charge on any atom is -0.425 e. The highest BCUT2D eigenvalue weighted by Crippen LogP contribution is 2.32. The molecule has 1 aromatic carbocycles. The molecule has 0 aliphatic heterocycles. The smallest absolute Gasteiger partial charge is 0.308 e. The van der Waals surface area contributed by atoms with Gasteiger partial charge in [0.25, 0.3) is 11.5 Å². The Bertz CT molecular complexity index is 1110. The van der Waals surface area contributed by atoms with Crippen LogP contribution in [0.2, 0.25) is 0 Å². The Morgan fingerprint density at radius 2 is 1.74 bits per heavy atom. The van der Waals surface area contributed by atoms with E-state index in [2.05, 4.69) is 0 Å². The number of pyridine rings is 1. The van der Waals surface area contributed by atoms with Crippen molar-refractivity contribution in [3.63, 3.8) is 0 Å². The van der Waals surface area contributed by atoms with E-state index in [1.165, 1.54) is 36.8 Å². The first kappa shape index (κ1) is 18.5. The summed E-state index contributed by atoms with van der Waals surface area (Å²) < 4.78 is 6.54. The Morgan fingerprint density at radius 1 is 1.07 bits per heavy atom. The van der Waals surface area contributed by atoms with Crippen molar-refractivity contribution in [2.75, 3.05) is 4.90 Å². The van der Waals surface area contributed by atoms with Gasteiger partial charge in [0.2, 0.25) is 5.91 Å². The number of carbonyl (C=O) groups excluding carboxylic acids is 3. The molecule has 8 heteroatoms. The molecule has 27 heavy (non-hydrogen) atoms. The first-order valence-electron chi connectivity index (χ1n) is 8.01. The van der Waals surface area contributed by atoms with E-state index in [4.69, 9.17) is 4.74 Å². The summed E-state index contributed by atoms with van der Waals surface area (Å²) in [5.74, 6) is -2.21. The number of rotatable bonds is 3. The second kappa shape index (κ2) is 7.16. The molecule has 0 atom stereocenters. The van der Waals surface area contributed by atoms with E-state index in [1.807, 2.05) is 0 Å². The summed E-state index contributed by atoms with van der Waals surface area (Å²) in [5.41, 5.74) is -0.692. The summed E-state index contributed by atoms with van der Waals surface area (Å²) in [6.45, 7) is 2.41. The number of ether oxygens (including phenoxy) is 1. The van der Waals surface area contributed by atoms with Gasteiger partial charge in [-0.2, -0.15) is 0 Å². The standard InChI is InChI=1S/C19H16N2O5S/c1-11(22)21(13-7-5-4-6-8-13)18(25)15-16(26-12(2)23)14-9-10-27-19(14)20(3)17(15)24/h4-10H,1-3H3. The number of benzene rings is 1. The van der Waals surface area contributed by atoms with Gasteiger partial charge >= 0.3 is 5.97 Å². The Kier molecular flexibility index (Phi) is 4.91. The second-order valence-electron chi connectivity index (χ2n) is 5.80. The number of carbonyl (C=O) groups is 3. The Hall–Kier alpha value is -3.26. The molecule has 0 fully saturated rings. The van der Waals surface area contributed by atoms with Crippen molar-refractivity contribution in [2.24, 2.45) is 7.05 Å². The molecule has 0 aliphatic rings. The fraction of sp³-hybridized carbons (Fsp3) is 0.158. The van der Waals surface area contributed by atoms with Gasteiger partial charge in [-0.15, -0.1) is 11.3 Å². The predicted molar refractivity (Wildman–Crippen MR) is 102 cm³/mol. The average Bonchev–Trinajstić information content (AvgIpc) is 3.10. The molecule has 3 rings (SSSR count). The fourth-order valence-corrected chi connectivity index (χ4v) is 3.66. The van der Waals surface area contributed by atoms with Gasteiger partial charge in [-0.05, 0) is 23.6 Å². The van der Waals surface area contributed by atoms with Crippen LogP contribution >= 0.6 is 11.3 Å². The van der Waals surface area contributed by atoms with Crippen molar-refractivity contribution in [3.8, 4) is 5.75 Å². The maximum absolute atomic E-state index is 13.2. The van der Waals surface area contributed by atoms with Gasteiger partial charge in [0, 0.05) is 20.9 Å². The number of imide groups is 1. The predicted octanol–water partition coefficient (Wildman–Crippen LogP) is 2.72. The van der Waals surface area contributed by atoms with Gasteiger partial charge < -0.3 is 9.30 Å². The number of para-hydroxylation sites is 1. The van der Waals surface area contributed by atoms with Gasteiger partial charge in [-0.3, -0.25) is 19.2 Å². The lowest BCUT2D eigenvalue weighted by atomic mass is 10.1. The Balaban J connectivity index is 2.30. The number of aromatic nitrogens is 1. The van der Waals surface area contributed by atoms with Crippen LogP contribution in [-0.4, -0.2) is 22.4 Å². The lowest BCUT2D eigenvalue weighted by Gasteiger charge is -2.21. The number of esters is 1. The van der Waals surface area contributed by atoms with Crippen molar-refractivity contribution in [2.45, 2.75) is 13.8 Å². The molecule has 0 aliphatic carbocycles. The van der Waals surface area contributed by atoms with Crippen LogP contribution in [0.3, 0.4) is 0 Å². The molecule has 0 bridgehead atoms. The van der Waals surface area contributed by atoms with Gasteiger partial charge in [0.05, 0.1) is 11.1 Å². The molecule has 0 saturated carbocycles. The van der Waals surface area contributed by atoms with Gasteiger partial charge in [-0.25, -0.2) is 4.90 Å². The Labute approximate surface area is 158 Å². The molecule has 0 unspecified atom stereocenters. The van der Waals surface area contributed by atoms with E-state index < -0.39 is 23.3 Å². The fourth-order valence-electron chi connectivity index (χ4n) is 2.79. The van der Waals surface area contributed by atoms with Crippen molar-refractivity contribution in [1.29, 1.82) is 0 Å². The molecule has 0 N–H and O–H groups in total. The van der Waals surface area contributed by atoms with Crippen LogP contribution in [0.5, 0.6) is 5.75 Å². The van der Waals surface area contributed by atoms with E-state index in [-0.39, 0.29) is 11.3 Å².